The van der Waals surface area contributed by atoms with E-state index in [9.17, 15) is 8.42 Å². The minimum Gasteiger partial charge on any atom is -0.378 e. The Balaban J connectivity index is 1.55. The molecule has 3 saturated heterocycles. The van der Waals surface area contributed by atoms with Crippen LogP contribution in [-0.2, 0) is 14.8 Å². The van der Waals surface area contributed by atoms with E-state index in [0.717, 1.165) is 32.8 Å². The van der Waals surface area contributed by atoms with Gasteiger partial charge >= 0.3 is 0 Å². The van der Waals surface area contributed by atoms with Crippen LogP contribution < -0.4 is 0 Å². The first-order chi connectivity index (χ1) is 11.0. The van der Waals surface area contributed by atoms with Gasteiger partial charge in [0, 0.05) is 38.8 Å². The SMILES string of the molecule is CN1C[C@@H]2COCCN2C2(C1)CN(S(=O)(=O)c1ccccc1)C2. The van der Waals surface area contributed by atoms with E-state index in [1.54, 1.807) is 28.6 Å². The molecule has 3 aliphatic rings. The van der Waals surface area contributed by atoms with Crippen molar-refractivity contribution in [3.63, 3.8) is 0 Å². The number of ether oxygens (including phenoxy) is 1. The maximum absolute atomic E-state index is 12.8. The first kappa shape index (κ1) is 15.5. The van der Waals surface area contributed by atoms with Crippen LogP contribution in [0.2, 0.25) is 0 Å². The summed E-state index contributed by atoms with van der Waals surface area (Å²) in [6.45, 7) is 5.45. The Labute approximate surface area is 137 Å². The van der Waals surface area contributed by atoms with Gasteiger partial charge in [-0.25, -0.2) is 8.42 Å². The number of likely N-dealkylation sites (N-methyl/N-ethyl adjacent to an activating group) is 1. The van der Waals surface area contributed by atoms with Gasteiger partial charge in [0.1, 0.15) is 0 Å². The molecule has 0 radical (unpaired) electrons. The summed E-state index contributed by atoms with van der Waals surface area (Å²) in [6.07, 6.45) is 0. The van der Waals surface area contributed by atoms with Gasteiger partial charge in [-0.3, -0.25) is 4.90 Å². The largest absolute Gasteiger partial charge is 0.378 e. The second-order valence-electron chi connectivity index (χ2n) is 6.93. The number of sulfonamides is 1. The molecule has 6 nitrogen and oxygen atoms in total. The van der Waals surface area contributed by atoms with Gasteiger partial charge in [0.25, 0.3) is 0 Å². The fourth-order valence-electron chi connectivity index (χ4n) is 4.25. The molecular formula is C16H23N3O3S. The van der Waals surface area contributed by atoms with E-state index in [2.05, 4.69) is 16.8 Å². The monoisotopic (exact) mass is 337 g/mol. The van der Waals surface area contributed by atoms with Crippen molar-refractivity contribution in [3.05, 3.63) is 30.3 Å². The van der Waals surface area contributed by atoms with Gasteiger partial charge in [-0.1, -0.05) is 18.2 Å². The lowest BCUT2D eigenvalue weighted by molar-refractivity contribution is -0.144. The summed E-state index contributed by atoms with van der Waals surface area (Å²) in [4.78, 5) is 5.19. The van der Waals surface area contributed by atoms with Crippen LogP contribution in [0.15, 0.2) is 35.2 Å². The minimum atomic E-state index is -3.38. The van der Waals surface area contributed by atoms with Gasteiger partial charge < -0.3 is 9.64 Å². The minimum absolute atomic E-state index is 0.0523. The predicted octanol–water partition coefficient (Wildman–Crippen LogP) is 0.0759. The number of morpholine rings is 1. The maximum Gasteiger partial charge on any atom is 0.243 e. The zero-order valence-corrected chi connectivity index (χ0v) is 14.2. The average molecular weight is 337 g/mol. The number of hydrogen-bond acceptors (Lipinski definition) is 5. The predicted molar refractivity (Wildman–Crippen MR) is 86.7 cm³/mol. The third-order valence-electron chi connectivity index (χ3n) is 5.25. The molecule has 0 unspecified atom stereocenters. The van der Waals surface area contributed by atoms with Gasteiger partial charge in [-0.05, 0) is 19.2 Å². The third-order valence-corrected chi connectivity index (χ3v) is 7.05. The van der Waals surface area contributed by atoms with Crippen LogP contribution >= 0.6 is 0 Å². The number of fused-ring (bicyclic) bond motifs is 2. The molecule has 0 saturated carbocycles. The number of piperazine rings is 1. The summed E-state index contributed by atoms with van der Waals surface area (Å²) in [5, 5.41) is 0. The van der Waals surface area contributed by atoms with Crippen molar-refractivity contribution in [2.45, 2.75) is 16.5 Å². The van der Waals surface area contributed by atoms with Gasteiger partial charge in [0.2, 0.25) is 10.0 Å². The number of rotatable bonds is 2. The highest BCUT2D eigenvalue weighted by Crippen LogP contribution is 2.37. The van der Waals surface area contributed by atoms with Gasteiger partial charge in [-0.15, -0.1) is 0 Å². The second-order valence-corrected chi connectivity index (χ2v) is 8.87. The highest BCUT2D eigenvalue weighted by atomic mass is 32.2. The maximum atomic E-state index is 12.8. The molecule has 0 bridgehead atoms. The Morgan fingerprint density at radius 3 is 2.65 bits per heavy atom. The topological polar surface area (TPSA) is 53.1 Å². The average Bonchev–Trinajstić information content (AvgIpc) is 2.52. The van der Waals surface area contributed by atoms with Gasteiger partial charge in [0.15, 0.2) is 0 Å². The van der Waals surface area contributed by atoms with Crippen molar-refractivity contribution >= 4 is 10.0 Å². The van der Waals surface area contributed by atoms with Crippen molar-refractivity contribution < 1.29 is 13.2 Å². The number of hydrogen-bond donors (Lipinski definition) is 0. The van der Waals surface area contributed by atoms with Crippen LogP contribution in [0.3, 0.4) is 0 Å². The van der Waals surface area contributed by atoms with Crippen LogP contribution in [0.1, 0.15) is 0 Å². The first-order valence-corrected chi connectivity index (χ1v) is 9.54. The van der Waals surface area contributed by atoms with Crippen molar-refractivity contribution in [1.82, 2.24) is 14.1 Å². The Hall–Kier alpha value is -0.990. The van der Waals surface area contributed by atoms with Crippen LogP contribution in [0.5, 0.6) is 0 Å². The normalized spacial score (nSPS) is 29.2. The van der Waals surface area contributed by atoms with Gasteiger partial charge in [0.05, 0.1) is 23.6 Å². The van der Waals surface area contributed by atoms with E-state index in [1.807, 2.05) is 6.07 Å². The smallest absolute Gasteiger partial charge is 0.243 e. The fraction of sp³-hybridized carbons (Fsp3) is 0.625. The molecule has 3 heterocycles. The summed E-state index contributed by atoms with van der Waals surface area (Å²) in [5.74, 6) is 0. The summed E-state index contributed by atoms with van der Waals surface area (Å²) in [5.41, 5.74) is -0.0523. The molecule has 0 aromatic heterocycles. The lowest BCUT2D eigenvalue weighted by Crippen LogP contribution is -2.80. The van der Waals surface area contributed by atoms with Crippen LogP contribution in [-0.4, -0.2) is 87.1 Å². The Morgan fingerprint density at radius 2 is 1.91 bits per heavy atom. The molecule has 7 heteroatoms. The lowest BCUT2D eigenvalue weighted by atomic mass is 9.85. The molecule has 126 valence electrons. The molecular weight excluding hydrogens is 314 g/mol. The third kappa shape index (κ3) is 2.51. The molecule has 23 heavy (non-hydrogen) atoms. The molecule has 0 aliphatic carbocycles. The summed E-state index contributed by atoms with van der Waals surface area (Å²) in [6, 6.07) is 9.11. The van der Waals surface area contributed by atoms with E-state index < -0.39 is 10.0 Å². The molecule has 1 aromatic carbocycles. The van der Waals surface area contributed by atoms with Crippen molar-refractivity contribution in [2.24, 2.45) is 0 Å². The van der Waals surface area contributed by atoms with Gasteiger partial charge in [-0.2, -0.15) is 4.31 Å². The number of nitrogens with zero attached hydrogens (tertiary/aromatic N) is 3. The summed E-state index contributed by atoms with van der Waals surface area (Å²) < 4.78 is 32.7. The highest BCUT2D eigenvalue weighted by Gasteiger charge is 2.56. The molecule has 0 N–H and O–H groups in total. The second kappa shape index (κ2) is 5.53. The molecule has 3 aliphatic heterocycles. The first-order valence-electron chi connectivity index (χ1n) is 8.10. The van der Waals surface area contributed by atoms with E-state index >= 15 is 0 Å². The van der Waals surface area contributed by atoms with E-state index in [-0.39, 0.29) is 5.54 Å². The van der Waals surface area contributed by atoms with Crippen LogP contribution in [0, 0.1) is 0 Å². The van der Waals surface area contributed by atoms with Crippen molar-refractivity contribution in [2.75, 3.05) is 53.0 Å². The Bertz CT molecular complexity index is 673. The Kier molecular flexibility index (Phi) is 3.73. The molecule has 3 fully saturated rings. The van der Waals surface area contributed by atoms with Crippen LogP contribution in [0.4, 0.5) is 0 Å². The zero-order valence-electron chi connectivity index (χ0n) is 13.4. The van der Waals surface area contributed by atoms with Crippen molar-refractivity contribution in [3.8, 4) is 0 Å². The summed E-state index contributed by atoms with van der Waals surface area (Å²) in [7, 11) is -1.26. The Morgan fingerprint density at radius 1 is 1.17 bits per heavy atom. The molecule has 4 rings (SSSR count). The zero-order chi connectivity index (χ0) is 16.1. The summed E-state index contributed by atoms with van der Waals surface area (Å²) >= 11 is 0. The molecule has 1 aromatic rings. The van der Waals surface area contributed by atoms with Crippen molar-refractivity contribution in [1.29, 1.82) is 0 Å². The van der Waals surface area contributed by atoms with E-state index in [1.165, 1.54) is 0 Å². The van der Waals surface area contributed by atoms with E-state index in [4.69, 9.17) is 4.74 Å². The van der Waals surface area contributed by atoms with E-state index in [0.29, 0.717) is 24.0 Å². The molecule has 1 atom stereocenters. The fourth-order valence-corrected chi connectivity index (χ4v) is 5.87. The van der Waals surface area contributed by atoms with Crippen LogP contribution in [0.25, 0.3) is 0 Å². The lowest BCUT2D eigenvalue weighted by Gasteiger charge is -2.62. The molecule has 0 amide bonds. The number of benzene rings is 1. The standard InChI is InChI=1S/C16H23N3O3S/c1-17-9-14-10-22-8-7-19(14)16(11-17)12-18(13-16)23(20,21)15-5-3-2-4-6-15/h2-6,14H,7-13H2,1H3/t14-/m1/s1. The highest BCUT2D eigenvalue weighted by molar-refractivity contribution is 7.89. The quantitative estimate of drug-likeness (QED) is 0.765. The molecule has 1 spiro atoms.